The molecule has 0 aliphatic heterocycles. The van der Waals surface area contributed by atoms with Gasteiger partial charge in [0.2, 0.25) is 0 Å². The Kier molecular flexibility index (Phi) is 3.74. The molecule has 1 aliphatic carbocycles. The summed E-state index contributed by atoms with van der Waals surface area (Å²) in [6.07, 6.45) is 5.81. The Labute approximate surface area is 81.8 Å². The van der Waals surface area contributed by atoms with Crippen LogP contribution in [0.2, 0.25) is 0 Å². The van der Waals surface area contributed by atoms with Crippen LogP contribution >= 0.6 is 0 Å². The maximum Gasteiger partial charge on any atom is 0.0749 e. The Balaban J connectivity index is 2.39. The highest BCUT2D eigenvalue weighted by Gasteiger charge is 2.28. The molecule has 0 heterocycles. The minimum Gasteiger partial charge on any atom is -0.373 e. The summed E-state index contributed by atoms with van der Waals surface area (Å²) in [7, 11) is 0. The normalized spacial score (nSPS) is 22.2. The van der Waals surface area contributed by atoms with E-state index >= 15 is 0 Å². The maximum atomic E-state index is 6.00. The zero-order valence-electron chi connectivity index (χ0n) is 9.18. The lowest BCUT2D eigenvalue weighted by Gasteiger charge is -2.32. The van der Waals surface area contributed by atoms with Crippen LogP contribution in [0.4, 0.5) is 0 Å². The summed E-state index contributed by atoms with van der Waals surface area (Å²) >= 11 is 0. The molecule has 0 amide bonds. The van der Waals surface area contributed by atoms with E-state index in [1.165, 1.54) is 25.7 Å². The van der Waals surface area contributed by atoms with E-state index in [4.69, 9.17) is 10.5 Å². The highest BCUT2D eigenvalue weighted by Crippen LogP contribution is 2.28. The van der Waals surface area contributed by atoms with Crippen molar-refractivity contribution in [2.45, 2.75) is 58.7 Å². The van der Waals surface area contributed by atoms with Crippen LogP contribution in [0.25, 0.3) is 0 Å². The van der Waals surface area contributed by atoms with Crippen molar-refractivity contribution < 1.29 is 4.74 Å². The lowest BCUT2D eigenvalue weighted by molar-refractivity contribution is -0.0573. The largest absolute Gasteiger partial charge is 0.373 e. The summed E-state index contributed by atoms with van der Waals surface area (Å²) in [5.41, 5.74) is 5.89. The fourth-order valence-electron chi connectivity index (χ4n) is 1.87. The van der Waals surface area contributed by atoms with Crippen LogP contribution in [-0.4, -0.2) is 18.8 Å². The molecule has 13 heavy (non-hydrogen) atoms. The monoisotopic (exact) mass is 185 g/mol. The van der Waals surface area contributed by atoms with Gasteiger partial charge in [-0.1, -0.05) is 33.6 Å². The van der Waals surface area contributed by atoms with E-state index in [1.807, 2.05) is 0 Å². The molecule has 0 spiro atoms. The Hall–Kier alpha value is -0.0800. The smallest absolute Gasteiger partial charge is 0.0749 e. The summed E-state index contributed by atoms with van der Waals surface area (Å²) in [4.78, 5) is 0. The fraction of sp³-hybridized carbons (Fsp3) is 1.00. The molecule has 0 saturated heterocycles. The molecule has 1 atom stereocenters. The molecule has 0 aromatic heterocycles. The number of hydrogen-bond acceptors (Lipinski definition) is 2. The van der Waals surface area contributed by atoms with Crippen molar-refractivity contribution >= 4 is 0 Å². The van der Waals surface area contributed by atoms with Crippen molar-refractivity contribution in [2.24, 2.45) is 11.1 Å². The van der Waals surface area contributed by atoms with E-state index in [9.17, 15) is 0 Å². The number of rotatable bonds is 3. The predicted octanol–water partition coefficient (Wildman–Crippen LogP) is 2.32. The zero-order chi connectivity index (χ0) is 9.90. The Morgan fingerprint density at radius 3 is 2.23 bits per heavy atom. The summed E-state index contributed by atoms with van der Waals surface area (Å²) in [6.45, 7) is 7.22. The van der Waals surface area contributed by atoms with E-state index in [0.717, 1.165) is 0 Å². The summed E-state index contributed by atoms with van der Waals surface area (Å²) in [5.74, 6) is 0. The second-order valence-corrected chi connectivity index (χ2v) is 5.13. The molecule has 1 saturated carbocycles. The first-order valence-corrected chi connectivity index (χ1v) is 5.39. The van der Waals surface area contributed by atoms with Gasteiger partial charge in [-0.3, -0.25) is 0 Å². The molecule has 1 unspecified atom stereocenters. The van der Waals surface area contributed by atoms with Gasteiger partial charge in [0.1, 0.15) is 0 Å². The highest BCUT2D eigenvalue weighted by molar-refractivity contribution is 4.78. The van der Waals surface area contributed by atoms with Gasteiger partial charge in [0.05, 0.1) is 12.2 Å². The van der Waals surface area contributed by atoms with Crippen molar-refractivity contribution in [2.75, 3.05) is 6.54 Å². The van der Waals surface area contributed by atoms with Gasteiger partial charge in [-0.05, 0) is 18.3 Å². The molecule has 1 aliphatic rings. The molecule has 0 bridgehead atoms. The first kappa shape index (κ1) is 11.0. The van der Waals surface area contributed by atoms with E-state index < -0.39 is 0 Å². The molecule has 2 N–H and O–H groups in total. The maximum absolute atomic E-state index is 6.00. The third kappa shape index (κ3) is 3.28. The average Bonchev–Trinajstić information content (AvgIpc) is 2.49. The van der Waals surface area contributed by atoms with Crippen LogP contribution in [0.1, 0.15) is 46.5 Å². The Morgan fingerprint density at radius 1 is 1.31 bits per heavy atom. The van der Waals surface area contributed by atoms with Crippen molar-refractivity contribution in [3.63, 3.8) is 0 Å². The van der Waals surface area contributed by atoms with Crippen molar-refractivity contribution in [3.8, 4) is 0 Å². The van der Waals surface area contributed by atoms with Crippen molar-refractivity contribution in [1.82, 2.24) is 0 Å². The first-order valence-electron chi connectivity index (χ1n) is 5.39. The molecular formula is C11H23NO. The van der Waals surface area contributed by atoms with Crippen LogP contribution in [0.15, 0.2) is 0 Å². The van der Waals surface area contributed by atoms with Gasteiger partial charge in [-0.25, -0.2) is 0 Å². The van der Waals surface area contributed by atoms with Crippen LogP contribution in [0.5, 0.6) is 0 Å². The molecule has 1 fully saturated rings. The number of ether oxygens (including phenoxy) is 1. The quantitative estimate of drug-likeness (QED) is 0.732. The lowest BCUT2D eigenvalue weighted by atomic mass is 9.89. The van der Waals surface area contributed by atoms with Crippen LogP contribution < -0.4 is 5.73 Å². The number of nitrogens with two attached hydrogens (primary N) is 1. The third-order valence-electron chi connectivity index (χ3n) is 2.84. The fourth-order valence-corrected chi connectivity index (χ4v) is 1.87. The molecule has 1 rings (SSSR count). The van der Waals surface area contributed by atoms with Gasteiger partial charge in [-0.15, -0.1) is 0 Å². The van der Waals surface area contributed by atoms with Gasteiger partial charge in [-0.2, -0.15) is 0 Å². The minimum atomic E-state index is 0.178. The standard InChI is InChI=1S/C11H23NO/c1-11(2,3)10(8-12)13-9-6-4-5-7-9/h9-10H,4-8,12H2,1-3H3. The third-order valence-corrected chi connectivity index (χ3v) is 2.84. The van der Waals surface area contributed by atoms with Crippen molar-refractivity contribution in [1.29, 1.82) is 0 Å². The predicted molar refractivity (Wildman–Crippen MR) is 55.6 cm³/mol. The van der Waals surface area contributed by atoms with Gasteiger partial charge < -0.3 is 10.5 Å². The molecule has 0 aromatic rings. The second kappa shape index (κ2) is 4.43. The van der Waals surface area contributed by atoms with E-state index in [-0.39, 0.29) is 11.5 Å². The van der Waals surface area contributed by atoms with Gasteiger partial charge >= 0.3 is 0 Å². The van der Waals surface area contributed by atoms with Crippen LogP contribution in [0, 0.1) is 5.41 Å². The van der Waals surface area contributed by atoms with Crippen molar-refractivity contribution in [3.05, 3.63) is 0 Å². The molecule has 0 aromatic carbocycles. The minimum absolute atomic E-state index is 0.178. The Morgan fingerprint density at radius 2 is 1.85 bits per heavy atom. The van der Waals surface area contributed by atoms with E-state index in [2.05, 4.69) is 20.8 Å². The average molecular weight is 185 g/mol. The molecule has 2 heteroatoms. The van der Waals surface area contributed by atoms with Crippen LogP contribution in [-0.2, 0) is 4.74 Å². The number of hydrogen-bond donors (Lipinski definition) is 1. The van der Waals surface area contributed by atoms with Gasteiger partial charge in [0.15, 0.2) is 0 Å². The van der Waals surface area contributed by atoms with Gasteiger partial charge in [0.25, 0.3) is 0 Å². The SMILES string of the molecule is CC(C)(C)C(CN)OC1CCCC1. The molecule has 0 radical (unpaired) electrons. The van der Waals surface area contributed by atoms with E-state index in [0.29, 0.717) is 12.6 Å². The zero-order valence-corrected chi connectivity index (χ0v) is 9.18. The second-order valence-electron chi connectivity index (χ2n) is 5.13. The summed E-state index contributed by atoms with van der Waals surface area (Å²) in [5, 5.41) is 0. The Bertz CT molecular complexity index is 145. The molecule has 2 nitrogen and oxygen atoms in total. The first-order chi connectivity index (χ1) is 6.04. The molecular weight excluding hydrogens is 162 g/mol. The van der Waals surface area contributed by atoms with Gasteiger partial charge in [0, 0.05) is 6.54 Å². The topological polar surface area (TPSA) is 35.2 Å². The van der Waals surface area contributed by atoms with Crippen LogP contribution in [0.3, 0.4) is 0 Å². The summed E-state index contributed by atoms with van der Waals surface area (Å²) < 4.78 is 6.00. The molecule has 78 valence electrons. The van der Waals surface area contributed by atoms with E-state index in [1.54, 1.807) is 0 Å². The lowest BCUT2D eigenvalue weighted by Crippen LogP contribution is -2.38. The summed E-state index contributed by atoms with van der Waals surface area (Å²) in [6, 6.07) is 0. The highest BCUT2D eigenvalue weighted by atomic mass is 16.5.